The predicted molar refractivity (Wildman–Crippen MR) is 40.3 cm³/mol. The molecule has 5 heteroatoms. The van der Waals surface area contributed by atoms with Crippen molar-refractivity contribution in [3.8, 4) is 0 Å². The summed E-state index contributed by atoms with van der Waals surface area (Å²) in [5.41, 5.74) is 0. The molecule has 1 rings (SSSR count). The van der Waals surface area contributed by atoms with Crippen LogP contribution in [0, 0.1) is 5.92 Å². The van der Waals surface area contributed by atoms with Crippen LogP contribution in [0.3, 0.4) is 0 Å². The first kappa shape index (κ1) is 9.20. The largest absolute Gasteiger partial charge is 0.474 e. The van der Waals surface area contributed by atoms with Gasteiger partial charge in [0.05, 0.1) is 19.8 Å². The third-order valence-corrected chi connectivity index (χ3v) is 2.61. The Morgan fingerprint density at radius 2 is 2.00 bits per heavy atom. The second-order valence-corrected chi connectivity index (χ2v) is 4.47. The van der Waals surface area contributed by atoms with Crippen molar-refractivity contribution in [2.75, 3.05) is 19.8 Å². The fourth-order valence-corrected chi connectivity index (χ4v) is 1.95. The van der Waals surface area contributed by atoms with Crippen LogP contribution in [0.25, 0.3) is 0 Å². The van der Waals surface area contributed by atoms with E-state index in [9.17, 15) is 4.57 Å². The molecule has 0 unspecified atom stereocenters. The standard InChI is InChI=1S/C6H13O4P/c1-6(2)5-10-11(7)8-3-4-9-11/h6H,3-5H2,1-2H3. The highest BCUT2D eigenvalue weighted by atomic mass is 31.2. The van der Waals surface area contributed by atoms with Crippen LogP contribution in [-0.4, -0.2) is 19.8 Å². The molecule has 0 atom stereocenters. The van der Waals surface area contributed by atoms with Crippen molar-refractivity contribution < 1.29 is 18.1 Å². The van der Waals surface area contributed by atoms with Crippen LogP contribution < -0.4 is 0 Å². The predicted octanol–water partition coefficient (Wildman–Crippen LogP) is 1.81. The molecule has 0 aromatic heterocycles. The Balaban J connectivity index is 2.29. The van der Waals surface area contributed by atoms with Crippen LogP contribution in [0.2, 0.25) is 0 Å². The summed E-state index contributed by atoms with van der Waals surface area (Å²) in [6, 6.07) is 0. The minimum atomic E-state index is -3.12. The van der Waals surface area contributed by atoms with E-state index in [4.69, 9.17) is 13.6 Å². The lowest BCUT2D eigenvalue weighted by atomic mass is 10.2. The zero-order valence-corrected chi connectivity index (χ0v) is 7.67. The van der Waals surface area contributed by atoms with Gasteiger partial charge in [0.25, 0.3) is 0 Å². The lowest BCUT2D eigenvalue weighted by Gasteiger charge is -2.10. The van der Waals surface area contributed by atoms with Gasteiger partial charge in [-0.2, -0.15) is 0 Å². The Morgan fingerprint density at radius 1 is 1.45 bits per heavy atom. The molecule has 66 valence electrons. The minimum absolute atomic E-state index is 0.341. The van der Waals surface area contributed by atoms with Crippen LogP contribution in [-0.2, 0) is 18.1 Å². The van der Waals surface area contributed by atoms with E-state index in [-0.39, 0.29) is 0 Å². The lowest BCUT2D eigenvalue weighted by molar-refractivity contribution is 0.172. The van der Waals surface area contributed by atoms with E-state index in [1.165, 1.54) is 0 Å². The van der Waals surface area contributed by atoms with Gasteiger partial charge in [-0.05, 0) is 5.92 Å². The summed E-state index contributed by atoms with van der Waals surface area (Å²) in [4.78, 5) is 0. The Bertz CT molecular complexity index is 158. The number of rotatable bonds is 3. The van der Waals surface area contributed by atoms with Crippen molar-refractivity contribution in [1.29, 1.82) is 0 Å². The summed E-state index contributed by atoms with van der Waals surface area (Å²) in [7, 11) is -3.12. The fraction of sp³-hybridized carbons (Fsp3) is 1.00. The molecule has 0 aromatic carbocycles. The van der Waals surface area contributed by atoms with Crippen molar-refractivity contribution in [3.05, 3.63) is 0 Å². The molecule has 1 aliphatic heterocycles. The molecular weight excluding hydrogens is 167 g/mol. The summed E-state index contributed by atoms with van der Waals surface area (Å²) in [6.07, 6.45) is 0. The summed E-state index contributed by atoms with van der Waals surface area (Å²) < 4.78 is 25.8. The molecule has 0 N–H and O–H groups in total. The van der Waals surface area contributed by atoms with E-state index in [0.29, 0.717) is 25.7 Å². The first-order chi connectivity index (χ1) is 5.12. The molecule has 0 radical (unpaired) electrons. The molecule has 0 bridgehead atoms. The van der Waals surface area contributed by atoms with Gasteiger partial charge in [0.15, 0.2) is 0 Å². The van der Waals surface area contributed by atoms with Gasteiger partial charge >= 0.3 is 7.82 Å². The van der Waals surface area contributed by atoms with Gasteiger partial charge in [0.1, 0.15) is 0 Å². The van der Waals surface area contributed by atoms with Crippen LogP contribution in [0.15, 0.2) is 0 Å². The number of phosphoric ester groups is 1. The summed E-state index contributed by atoms with van der Waals surface area (Å²) in [5.74, 6) is 0.341. The van der Waals surface area contributed by atoms with Gasteiger partial charge in [-0.3, -0.25) is 13.6 Å². The molecule has 11 heavy (non-hydrogen) atoms. The monoisotopic (exact) mass is 180 g/mol. The second-order valence-electron chi connectivity index (χ2n) is 2.80. The molecule has 4 nitrogen and oxygen atoms in total. The molecule has 1 aliphatic rings. The average molecular weight is 180 g/mol. The summed E-state index contributed by atoms with van der Waals surface area (Å²) >= 11 is 0. The van der Waals surface area contributed by atoms with Crippen molar-refractivity contribution in [3.63, 3.8) is 0 Å². The fourth-order valence-electron chi connectivity index (χ4n) is 0.650. The van der Waals surface area contributed by atoms with E-state index in [1.807, 2.05) is 13.8 Å². The molecule has 0 saturated carbocycles. The Kier molecular flexibility index (Phi) is 3.07. The highest BCUT2D eigenvalue weighted by Gasteiger charge is 2.31. The highest BCUT2D eigenvalue weighted by molar-refractivity contribution is 7.48. The van der Waals surface area contributed by atoms with E-state index in [1.54, 1.807) is 0 Å². The first-order valence-electron chi connectivity index (χ1n) is 3.66. The van der Waals surface area contributed by atoms with Crippen molar-refractivity contribution >= 4 is 7.82 Å². The number of hydrogen-bond donors (Lipinski definition) is 0. The number of hydrogen-bond acceptors (Lipinski definition) is 4. The van der Waals surface area contributed by atoms with Crippen LogP contribution in [0.1, 0.15) is 13.8 Å². The molecule has 0 spiro atoms. The normalized spacial score (nSPS) is 22.8. The molecule has 1 fully saturated rings. The maximum atomic E-state index is 11.3. The van der Waals surface area contributed by atoms with E-state index < -0.39 is 7.82 Å². The maximum Gasteiger partial charge on any atom is 0.474 e. The quantitative estimate of drug-likeness (QED) is 0.621. The molecular formula is C6H13O4P. The number of phosphoric acid groups is 1. The smallest absolute Gasteiger partial charge is 0.287 e. The maximum absolute atomic E-state index is 11.3. The van der Waals surface area contributed by atoms with E-state index in [2.05, 4.69) is 0 Å². The SMILES string of the molecule is CC(C)COP1(=O)OCCO1. The highest BCUT2D eigenvalue weighted by Crippen LogP contribution is 2.52. The van der Waals surface area contributed by atoms with Crippen LogP contribution >= 0.6 is 7.82 Å². The van der Waals surface area contributed by atoms with Gasteiger partial charge in [0.2, 0.25) is 0 Å². The molecule has 0 aromatic rings. The van der Waals surface area contributed by atoms with Crippen molar-refractivity contribution in [2.24, 2.45) is 5.92 Å². The molecule has 1 saturated heterocycles. The van der Waals surface area contributed by atoms with Crippen molar-refractivity contribution in [2.45, 2.75) is 13.8 Å². The topological polar surface area (TPSA) is 44.8 Å². The third-order valence-electron chi connectivity index (χ3n) is 1.15. The Labute approximate surface area is 66.4 Å². The lowest BCUT2D eigenvalue weighted by Crippen LogP contribution is -2.00. The average Bonchev–Trinajstić information content (AvgIpc) is 2.33. The zero-order valence-electron chi connectivity index (χ0n) is 6.78. The third kappa shape index (κ3) is 2.91. The van der Waals surface area contributed by atoms with Gasteiger partial charge in [-0.25, -0.2) is 4.57 Å². The second kappa shape index (κ2) is 3.68. The minimum Gasteiger partial charge on any atom is -0.287 e. The van der Waals surface area contributed by atoms with Crippen LogP contribution in [0.5, 0.6) is 0 Å². The van der Waals surface area contributed by atoms with Crippen molar-refractivity contribution in [1.82, 2.24) is 0 Å². The summed E-state index contributed by atoms with van der Waals surface area (Å²) in [6.45, 7) is 5.10. The van der Waals surface area contributed by atoms with Gasteiger partial charge in [-0.1, -0.05) is 13.8 Å². The molecule has 0 aliphatic carbocycles. The van der Waals surface area contributed by atoms with Crippen LogP contribution in [0.4, 0.5) is 0 Å². The van der Waals surface area contributed by atoms with Gasteiger partial charge in [-0.15, -0.1) is 0 Å². The van der Waals surface area contributed by atoms with E-state index in [0.717, 1.165) is 0 Å². The van der Waals surface area contributed by atoms with Gasteiger partial charge in [0, 0.05) is 0 Å². The van der Waals surface area contributed by atoms with E-state index >= 15 is 0 Å². The zero-order chi connectivity index (χ0) is 8.32. The molecule has 1 heterocycles. The Morgan fingerprint density at radius 3 is 2.45 bits per heavy atom. The summed E-state index contributed by atoms with van der Waals surface area (Å²) in [5, 5.41) is 0. The van der Waals surface area contributed by atoms with Gasteiger partial charge < -0.3 is 0 Å². The Hall–Kier alpha value is 0.110. The molecule has 0 amide bonds. The first-order valence-corrected chi connectivity index (χ1v) is 5.12.